The van der Waals surface area contributed by atoms with Crippen LogP contribution >= 0.6 is 23.7 Å². The van der Waals surface area contributed by atoms with E-state index in [0.717, 1.165) is 39.3 Å². The number of anilines is 1. The average molecular weight is 467 g/mol. The Bertz CT molecular complexity index is 973. The van der Waals surface area contributed by atoms with Gasteiger partial charge in [0.2, 0.25) is 17.7 Å². The number of halogens is 1. The van der Waals surface area contributed by atoms with Gasteiger partial charge in [-0.3, -0.25) is 29.1 Å². The first kappa shape index (κ1) is 23.6. The molecule has 2 aliphatic heterocycles. The first-order valence-electron chi connectivity index (χ1n) is 10.2. The van der Waals surface area contributed by atoms with Crippen molar-refractivity contribution in [2.24, 2.45) is 0 Å². The Hall–Kier alpha value is -2.07. The maximum absolute atomic E-state index is 13.2. The number of imide groups is 1. The number of carbonyl (C=O) groups excluding carboxylic acids is 3. The van der Waals surface area contributed by atoms with Crippen molar-refractivity contribution in [1.29, 1.82) is 0 Å². The fraction of sp³-hybridized carbons (Fsp3) is 0.524. The van der Waals surface area contributed by atoms with E-state index in [1.165, 1.54) is 11.3 Å². The zero-order valence-corrected chi connectivity index (χ0v) is 19.4. The van der Waals surface area contributed by atoms with Gasteiger partial charge < -0.3 is 4.74 Å². The first-order valence-corrected chi connectivity index (χ1v) is 11.1. The number of hydrogen-bond acceptors (Lipinski definition) is 7. The summed E-state index contributed by atoms with van der Waals surface area (Å²) in [6.07, 6.45) is 0.360. The van der Waals surface area contributed by atoms with Gasteiger partial charge in [-0.25, -0.2) is 4.98 Å². The Morgan fingerprint density at radius 3 is 2.52 bits per heavy atom. The van der Waals surface area contributed by atoms with E-state index in [1.54, 1.807) is 4.90 Å². The summed E-state index contributed by atoms with van der Waals surface area (Å²) in [4.78, 5) is 46.9. The molecule has 2 aromatic rings. The normalized spacial score (nSPS) is 17.3. The van der Waals surface area contributed by atoms with Crippen LogP contribution in [0.15, 0.2) is 12.1 Å². The monoisotopic (exact) mass is 466 g/mol. The van der Waals surface area contributed by atoms with E-state index in [2.05, 4.69) is 11.0 Å². The second-order valence-corrected chi connectivity index (χ2v) is 8.73. The van der Waals surface area contributed by atoms with E-state index in [-0.39, 0.29) is 49.5 Å². The molecule has 2 saturated heterocycles. The number of ether oxygens (including phenoxy) is 1. The zero-order valence-electron chi connectivity index (χ0n) is 17.8. The van der Waals surface area contributed by atoms with Crippen LogP contribution in [0.5, 0.6) is 0 Å². The second kappa shape index (κ2) is 10.0. The third-order valence-corrected chi connectivity index (χ3v) is 6.84. The van der Waals surface area contributed by atoms with Gasteiger partial charge in [0.15, 0.2) is 5.13 Å². The van der Waals surface area contributed by atoms with Crippen molar-refractivity contribution in [3.8, 4) is 0 Å². The van der Waals surface area contributed by atoms with E-state index < -0.39 is 0 Å². The van der Waals surface area contributed by atoms with Crippen molar-refractivity contribution in [1.82, 2.24) is 14.8 Å². The van der Waals surface area contributed by atoms with Gasteiger partial charge in [0.05, 0.1) is 23.4 Å². The smallest absolute Gasteiger partial charge is 0.248 e. The van der Waals surface area contributed by atoms with Gasteiger partial charge in [-0.05, 0) is 31.0 Å². The predicted molar refractivity (Wildman–Crippen MR) is 122 cm³/mol. The molecule has 4 rings (SSSR count). The lowest BCUT2D eigenvalue weighted by Gasteiger charge is -2.29. The molecule has 1 aromatic carbocycles. The second-order valence-electron chi connectivity index (χ2n) is 7.72. The Morgan fingerprint density at radius 2 is 1.84 bits per heavy atom. The summed E-state index contributed by atoms with van der Waals surface area (Å²) in [6, 6.07) is 4.08. The maximum atomic E-state index is 13.2. The highest BCUT2D eigenvalue weighted by Gasteiger charge is 2.33. The van der Waals surface area contributed by atoms with Crippen LogP contribution < -0.4 is 4.90 Å². The number of fused-ring (bicyclic) bond motifs is 1. The van der Waals surface area contributed by atoms with Crippen LogP contribution in [0.3, 0.4) is 0 Å². The quantitative estimate of drug-likeness (QED) is 0.606. The number of aromatic nitrogens is 1. The largest absolute Gasteiger partial charge is 0.379 e. The van der Waals surface area contributed by atoms with Crippen molar-refractivity contribution in [3.63, 3.8) is 0 Å². The first-order chi connectivity index (χ1) is 14.4. The third-order valence-electron chi connectivity index (χ3n) is 5.80. The number of morpholine rings is 1. The lowest BCUT2D eigenvalue weighted by atomic mass is 10.1. The van der Waals surface area contributed by atoms with Crippen LogP contribution in [0.4, 0.5) is 5.13 Å². The van der Waals surface area contributed by atoms with E-state index in [4.69, 9.17) is 9.72 Å². The SMILES string of the molecule is Cc1ccc2sc(N(CCN3CCOCC3)C(=O)CN3C(=O)CCC3=O)nc2c1C.Cl. The number of hydrogen-bond donors (Lipinski definition) is 0. The average Bonchev–Trinajstić information content (AvgIpc) is 3.31. The molecule has 0 unspecified atom stereocenters. The van der Waals surface area contributed by atoms with E-state index in [1.807, 2.05) is 19.9 Å². The van der Waals surface area contributed by atoms with Crippen molar-refractivity contribution in [2.75, 3.05) is 50.8 Å². The lowest BCUT2D eigenvalue weighted by molar-refractivity contribution is -0.141. The summed E-state index contributed by atoms with van der Waals surface area (Å²) in [5.74, 6) is -0.838. The molecule has 0 saturated carbocycles. The van der Waals surface area contributed by atoms with Gasteiger partial charge in [0.25, 0.3) is 0 Å². The number of nitrogens with zero attached hydrogens (tertiary/aromatic N) is 4. The molecule has 0 radical (unpaired) electrons. The fourth-order valence-corrected chi connectivity index (χ4v) is 4.81. The Morgan fingerprint density at radius 1 is 1.16 bits per heavy atom. The Kier molecular flexibility index (Phi) is 7.64. The molecular weight excluding hydrogens is 440 g/mol. The molecule has 0 atom stereocenters. The minimum Gasteiger partial charge on any atom is -0.379 e. The van der Waals surface area contributed by atoms with Crippen LogP contribution in [0.25, 0.3) is 10.2 Å². The van der Waals surface area contributed by atoms with Crippen molar-refractivity contribution in [2.45, 2.75) is 26.7 Å². The van der Waals surface area contributed by atoms with Crippen molar-refractivity contribution in [3.05, 3.63) is 23.3 Å². The summed E-state index contributed by atoms with van der Waals surface area (Å²) < 4.78 is 6.42. The van der Waals surface area contributed by atoms with Gasteiger partial charge in [-0.1, -0.05) is 17.4 Å². The zero-order chi connectivity index (χ0) is 21.3. The number of likely N-dealkylation sites (tertiary alicyclic amines) is 1. The molecule has 168 valence electrons. The van der Waals surface area contributed by atoms with Gasteiger partial charge in [-0.2, -0.15) is 0 Å². The molecule has 0 N–H and O–H groups in total. The van der Waals surface area contributed by atoms with Crippen LogP contribution in [0.1, 0.15) is 24.0 Å². The molecular formula is C21H27ClN4O4S. The highest BCUT2D eigenvalue weighted by atomic mass is 35.5. The molecule has 0 aliphatic carbocycles. The summed E-state index contributed by atoms with van der Waals surface area (Å²) in [7, 11) is 0. The molecule has 2 fully saturated rings. The van der Waals surface area contributed by atoms with E-state index in [9.17, 15) is 14.4 Å². The highest BCUT2D eigenvalue weighted by molar-refractivity contribution is 7.22. The molecule has 3 heterocycles. The molecule has 8 nitrogen and oxygen atoms in total. The summed E-state index contributed by atoms with van der Waals surface area (Å²) in [6.45, 7) is 8.00. The van der Waals surface area contributed by atoms with Crippen LogP contribution in [0, 0.1) is 13.8 Å². The number of carbonyl (C=O) groups is 3. The summed E-state index contributed by atoms with van der Waals surface area (Å²) >= 11 is 1.47. The minimum absolute atomic E-state index is 0. The molecule has 1 aromatic heterocycles. The van der Waals surface area contributed by atoms with Crippen LogP contribution in [0.2, 0.25) is 0 Å². The number of aryl methyl sites for hydroxylation is 2. The topological polar surface area (TPSA) is 83.0 Å². The van der Waals surface area contributed by atoms with Crippen LogP contribution in [-0.4, -0.2) is 78.4 Å². The Labute approximate surface area is 191 Å². The van der Waals surface area contributed by atoms with Gasteiger partial charge in [0.1, 0.15) is 6.54 Å². The van der Waals surface area contributed by atoms with E-state index >= 15 is 0 Å². The summed E-state index contributed by atoms with van der Waals surface area (Å²) in [5, 5.41) is 0.607. The summed E-state index contributed by atoms with van der Waals surface area (Å²) in [5.41, 5.74) is 3.15. The number of benzene rings is 1. The molecule has 31 heavy (non-hydrogen) atoms. The molecule has 2 aliphatic rings. The standard InChI is InChI=1S/C21H26N4O4S.ClH/c1-14-3-4-16-20(15(14)2)22-21(30-16)24(8-7-23-9-11-29-12-10-23)19(28)13-25-17(26)5-6-18(25)27;/h3-4H,5-13H2,1-2H3;1H. The third kappa shape index (κ3) is 5.06. The maximum Gasteiger partial charge on any atom is 0.248 e. The van der Waals surface area contributed by atoms with Crippen LogP contribution in [-0.2, 0) is 19.1 Å². The minimum atomic E-state index is -0.280. The number of thiazole rings is 1. The van der Waals surface area contributed by atoms with E-state index in [0.29, 0.717) is 31.4 Å². The highest BCUT2D eigenvalue weighted by Crippen LogP contribution is 2.32. The van der Waals surface area contributed by atoms with Gasteiger partial charge >= 0.3 is 0 Å². The van der Waals surface area contributed by atoms with Crippen molar-refractivity contribution < 1.29 is 19.1 Å². The van der Waals surface area contributed by atoms with Crippen molar-refractivity contribution >= 4 is 56.8 Å². The molecule has 0 bridgehead atoms. The lowest BCUT2D eigenvalue weighted by Crippen LogP contribution is -2.47. The fourth-order valence-electron chi connectivity index (χ4n) is 3.74. The Balaban J connectivity index is 0.00000272. The number of amides is 3. The van der Waals surface area contributed by atoms with Gasteiger partial charge in [-0.15, -0.1) is 12.4 Å². The van der Waals surface area contributed by atoms with Gasteiger partial charge in [0, 0.05) is 39.0 Å². The number of rotatable bonds is 6. The molecule has 0 spiro atoms. The predicted octanol–water partition coefficient (Wildman–Crippen LogP) is 2.15. The molecule has 3 amide bonds. The molecule has 10 heteroatoms.